The lowest BCUT2D eigenvalue weighted by atomic mass is 9.75. The molecule has 152 valence electrons. The van der Waals surface area contributed by atoms with Crippen LogP contribution in [0.3, 0.4) is 0 Å². The van der Waals surface area contributed by atoms with Crippen LogP contribution in [0.5, 0.6) is 0 Å². The van der Waals surface area contributed by atoms with Gasteiger partial charge in [-0.25, -0.2) is 0 Å². The molecular formula is C25H25N3O2. The van der Waals surface area contributed by atoms with Crippen molar-refractivity contribution in [1.82, 2.24) is 9.97 Å². The van der Waals surface area contributed by atoms with Gasteiger partial charge in [-0.1, -0.05) is 38.1 Å². The number of benzene rings is 1. The molecule has 5 nitrogen and oxygen atoms in total. The molecule has 0 aliphatic heterocycles. The van der Waals surface area contributed by atoms with Crippen LogP contribution in [0.2, 0.25) is 0 Å². The van der Waals surface area contributed by atoms with Crippen LogP contribution in [0.4, 0.5) is 5.69 Å². The van der Waals surface area contributed by atoms with Crippen molar-refractivity contribution in [3.05, 3.63) is 82.4 Å². The van der Waals surface area contributed by atoms with Crippen LogP contribution in [-0.2, 0) is 6.42 Å². The molecule has 5 heteroatoms. The smallest absolute Gasteiger partial charge is 0.272 e. The third kappa shape index (κ3) is 4.10. The first kappa shape index (κ1) is 19.8. The highest BCUT2D eigenvalue weighted by atomic mass is 16.2. The summed E-state index contributed by atoms with van der Waals surface area (Å²) in [6.45, 7) is 5.99. The Morgan fingerprint density at radius 3 is 2.73 bits per heavy atom. The Morgan fingerprint density at radius 1 is 1.13 bits per heavy atom. The number of fused-ring (bicyclic) bond motifs is 1. The SMILES string of the molecule is Cc1c(C(=O)Nc2cccc(C=Cc3ccccn3)c2)[nH]c2c1C(=O)CC(C)(C)C2. The molecule has 30 heavy (non-hydrogen) atoms. The summed E-state index contributed by atoms with van der Waals surface area (Å²) in [7, 11) is 0. The van der Waals surface area contributed by atoms with Gasteiger partial charge in [0.1, 0.15) is 5.69 Å². The van der Waals surface area contributed by atoms with Crippen molar-refractivity contribution in [2.45, 2.75) is 33.6 Å². The Balaban J connectivity index is 1.54. The number of aromatic amines is 1. The van der Waals surface area contributed by atoms with Gasteiger partial charge in [-0.15, -0.1) is 0 Å². The number of rotatable bonds is 4. The van der Waals surface area contributed by atoms with Crippen molar-refractivity contribution in [2.24, 2.45) is 5.41 Å². The molecule has 0 unspecified atom stereocenters. The molecule has 0 spiro atoms. The van der Waals surface area contributed by atoms with E-state index in [0.717, 1.165) is 28.9 Å². The van der Waals surface area contributed by atoms with Crippen LogP contribution < -0.4 is 5.32 Å². The lowest BCUT2D eigenvalue weighted by molar-refractivity contribution is 0.0910. The lowest BCUT2D eigenvalue weighted by Gasteiger charge is -2.28. The minimum atomic E-state index is -0.238. The number of H-pyrrole nitrogens is 1. The third-order valence-corrected chi connectivity index (χ3v) is 5.41. The summed E-state index contributed by atoms with van der Waals surface area (Å²) in [6.07, 6.45) is 6.90. The van der Waals surface area contributed by atoms with Crippen LogP contribution in [0, 0.1) is 12.3 Å². The highest BCUT2D eigenvalue weighted by Crippen LogP contribution is 2.36. The lowest BCUT2D eigenvalue weighted by Crippen LogP contribution is -2.26. The number of nitrogens with one attached hydrogen (secondary N) is 2. The highest BCUT2D eigenvalue weighted by Gasteiger charge is 2.35. The maximum absolute atomic E-state index is 12.9. The number of hydrogen-bond donors (Lipinski definition) is 2. The molecule has 0 fully saturated rings. The van der Waals surface area contributed by atoms with Gasteiger partial charge in [0.15, 0.2) is 5.78 Å². The van der Waals surface area contributed by atoms with E-state index < -0.39 is 0 Å². The molecule has 2 aromatic heterocycles. The van der Waals surface area contributed by atoms with E-state index in [1.54, 1.807) is 6.20 Å². The predicted octanol–water partition coefficient (Wildman–Crippen LogP) is 5.30. The second kappa shape index (κ2) is 7.75. The van der Waals surface area contributed by atoms with Gasteiger partial charge in [0.05, 0.1) is 5.69 Å². The molecule has 0 saturated heterocycles. The monoisotopic (exact) mass is 399 g/mol. The minimum Gasteiger partial charge on any atom is -0.354 e. The summed E-state index contributed by atoms with van der Waals surface area (Å²) in [5.41, 5.74) is 5.17. The predicted molar refractivity (Wildman–Crippen MR) is 120 cm³/mol. The zero-order chi connectivity index (χ0) is 21.3. The summed E-state index contributed by atoms with van der Waals surface area (Å²) < 4.78 is 0. The molecule has 2 N–H and O–H groups in total. The van der Waals surface area contributed by atoms with E-state index in [9.17, 15) is 9.59 Å². The molecule has 3 aromatic rings. The number of carbonyl (C=O) groups is 2. The summed E-state index contributed by atoms with van der Waals surface area (Å²) >= 11 is 0. The number of amides is 1. The average molecular weight is 399 g/mol. The zero-order valence-corrected chi connectivity index (χ0v) is 17.5. The first-order valence-corrected chi connectivity index (χ1v) is 10.1. The van der Waals surface area contributed by atoms with Crippen LogP contribution in [-0.4, -0.2) is 21.7 Å². The van der Waals surface area contributed by atoms with E-state index in [4.69, 9.17) is 0 Å². The van der Waals surface area contributed by atoms with E-state index >= 15 is 0 Å². The van der Waals surface area contributed by atoms with Gasteiger partial charge in [-0.3, -0.25) is 14.6 Å². The molecular weight excluding hydrogens is 374 g/mol. The standard InChI is InChI=1S/C25H25N3O2/c1-16-22-20(14-25(2,3)15-21(22)29)28-23(16)24(30)27-19-9-6-7-17(13-19)10-11-18-8-4-5-12-26-18/h4-13,28H,14-15H2,1-3H3,(H,27,30). The first-order valence-electron chi connectivity index (χ1n) is 10.1. The van der Waals surface area contributed by atoms with Crippen molar-refractivity contribution >= 4 is 29.5 Å². The fourth-order valence-corrected chi connectivity index (χ4v) is 4.03. The molecule has 1 amide bonds. The van der Waals surface area contributed by atoms with Gasteiger partial charge in [0.25, 0.3) is 5.91 Å². The summed E-state index contributed by atoms with van der Waals surface area (Å²) in [5.74, 6) is -0.130. The number of Topliss-reactive ketones (excluding diaryl/α,β-unsaturated/α-hetero) is 1. The fourth-order valence-electron chi connectivity index (χ4n) is 4.03. The molecule has 0 bridgehead atoms. The van der Waals surface area contributed by atoms with E-state index in [0.29, 0.717) is 23.4 Å². The number of anilines is 1. The Labute approximate surface area is 176 Å². The largest absolute Gasteiger partial charge is 0.354 e. The van der Waals surface area contributed by atoms with Gasteiger partial charge in [0, 0.05) is 29.6 Å². The van der Waals surface area contributed by atoms with Crippen molar-refractivity contribution in [3.8, 4) is 0 Å². The van der Waals surface area contributed by atoms with Crippen LogP contribution >= 0.6 is 0 Å². The Bertz CT molecular complexity index is 1140. The summed E-state index contributed by atoms with van der Waals surface area (Å²) in [5, 5.41) is 2.95. The van der Waals surface area contributed by atoms with Crippen LogP contribution in [0.1, 0.15) is 63.6 Å². The molecule has 0 saturated carbocycles. The van der Waals surface area contributed by atoms with Crippen molar-refractivity contribution in [2.75, 3.05) is 5.32 Å². The minimum absolute atomic E-state index is 0.0938. The quantitative estimate of drug-likeness (QED) is 0.625. The molecule has 1 aromatic carbocycles. The van der Waals surface area contributed by atoms with E-state index in [1.807, 2.05) is 61.5 Å². The molecule has 0 radical (unpaired) electrons. The van der Waals surface area contributed by atoms with Gasteiger partial charge in [-0.05, 0) is 60.2 Å². The topological polar surface area (TPSA) is 74.8 Å². The molecule has 2 heterocycles. The Hall–Kier alpha value is -3.47. The van der Waals surface area contributed by atoms with E-state index in [-0.39, 0.29) is 17.1 Å². The number of pyridine rings is 1. The normalized spacial score (nSPS) is 15.2. The zero-order valence-electron chi connectivity index (χ0n) is 17.5. The number of hydrogen-bond acceptors (Lipinski definition) is 3. The number of nitrogens with zero attached hydrogens (tertiary/aromatic N) is 1. The summed E-state index contributed by atoms with van der Waals surface area (Å²) in [4.78, 5) is 33.0. The van der Waals surface area contributed by atoms with Crippen LogP contribution in [0.25, 0.3) is 12.2 Å². The second-order valence-electron chi connectivity index (χ2n) is 8.59. The Morgan fingerprint density at radius 2 is 1.97 bits per heavy atom. The van der Waals surface area contributed by atoms with E-state index in [1.165, 1.54) is 0 Å². The second-order valence-corrected chi connectivity index (χ2v) is 8.59. The first-order chi connectivity index (χ1) is 14.3. The highest BCUT2D eigenvalue weighted by molar-refractivity contribution is 6.08. The summed E-state index contributed by atoms with van der Waals surface area (Å²) in [6, 6.07) is 13.4. The van der Waals surface area contributed by atoms with Crippen molar-refractivity contribution < 1.29 is 9.59 Å². The van der Waals surface area contributed by atoms with Gasteiger partial charge in [-0.2, -0.15) is 0 Å². The van der Waals surface area contributed by atoms with Crippen molar-refractivity contribution in [1.29, 1.82) is 0 Å². The molecule has 0 atom stereocenters. The van der Waals surface area contributed by atoms with E-state index in [2.05, 4.69) is 29.1 Å². The van der Waals surface area contributed by atoms with Gasteiger partial charge >= 0.3 is 0 Å². The average Bonchev–Trinajstić information content (AvgIpc) is 3.03. The molecule has 1 aliphatic carbocycles. The van der Waals surface area contributed by atoms with Crippen molar-refractivity contribution in [3.63, 3.8) is 0 Å². The fraction of sp³-hybridized carbons (Fsp3) is 0.240. The number of aromatic nitrogens is 2. The number of carbonyl (C=O) groups excluding carboxylic acids is 2. The Kier molecular flexibility index (Phi) is 5.12. The molecule has 4 rings (SSSR count). The van der Waals surface area contributed by atoms with Gasteiger partial charge in [0.2, 0.25) is 0 Å². The number of ketones is 1. The molecule has 1 aliphatic rings. The maximum Gasteiger partial charge on any atom is 0.272 e. The van der Waals surface area contributed by atoms with Gasteiger partial charge < -0.3 is 10.3 Å². The third-order valence-electron chi connectivity index (χ3n) is 5.41. The maximum atomic E-state index is 12.9. The van der Waals surface area contributed by atoms with Crippen LogP contribution in [0.15, 0.2) is 48.7 Å².